The minimum Gasteiger partial charge on any atom is -0.481 e. The van der Waals surface area contributed by atoms with Crippen molar-refractivity contribution in [3.05, 3.63) is 24.3 Å². The minimum atomic E-state index is -0.732. The Morgan fingerprint density at radius 2 is 1.88 bits per heavy atom. The second-order valence-corrected chi connectivity index (χ2v) is 7.01. The van der Waals surface area contributed by atoms with Crippen LogP contribution in [0, 0.1) is 11.8 Å². The molecule has 144 valence electrons. The van der Waals surface area contributed by atoms with Crippen molar-refractivity contribution in [3.63, 3.8) is 0 Å². The van der Waals surface area contributed by atoms with Gasteiger partial charge in [-0.15, -0.1) is 0 Å². The number of aliphatic hydroxyl groups excluding tert-OH is 1. The highest BCUT2D eigenvalue weighted by Gasteiger charge is 2.34. The summed E-state index contributed by atoms with van der Waals surface area (Å²) in [5, 5.41) is 17.8. The van der Waals surface area contributed by atoms with Gasteiger partial charge in [0.1, 0.15) is 6.79 Å². The number of unbranched alkanes of at least 4 members (excludes halogenated alkanes) is 5. The van der Waals surface area contributed by atoms with E-state index >= 15 is 0 Å². The summed E-state index contributed by atoms with van der Waals surface area (Å²) in [4.78, 5) is 10.5. The molecule has 0 saturated heterocycles. The molecule has 0 unspecified atom stereocenters. The number of hydrogen-bond acceptors (Lipinski definition) is 3. The van der Waals surface area contributed by atoms with E-state index in [4.69, 9.17) is 14.9 Å². The third-order valence-corrected chi connectivity index (χ3v) is 5.04. The zero-order chi connectivity index (χ0) is 18.3. The molecule has 1 saturated carbocycles. The van der Waals surface area contributed by atoms with Gasteiger partial charge in [-0.1, -0.05) is 50.5 Å². The average Bonchev–Trinajstić information content (AvgIpc) is 2.96. The molecular weight excluding hydrogens is 316 g/mol. The number of rotatable bonds is 14. The van der Waals surface area contributed by atoms with Crippen LogP contribution in [0.3, 0.4) is 0 Å². The molecule has 1 fully saturated rings. The molecule has 0 aromatic carbocycles. The highest BCUT2D eigenvalue weighted by Crippen LogP contribution is 2.37. The zero-order valence-corrected chi connectivity index (χ0v) is 15.7. The van der Waals surface area contributed by atoms with E-state index in [1.54, 1.807) is 0 Å². The molecule has 4 heteroatoms. The van der Waals surface area contributed by atoms with Crippen molar-refractivity contribution in [2.45, 2.75) is 83.7 Å². The molecule has 4 nitrogen and oxygen atoms in total. The fourth-order valence-corrected chi connectivity index (χ4v) is 3.63. The van der Waals surface area contributed by atoms with Crippen LogP contribution in [0.25, 0.3) is 0 Å². The molecule has 0 aromatic heterocycles. The molecule has 0 heterocycles. The van der Waals surface area contributed by atoms with Crippen LogP contribution in [0.5, 0.6) is 0 Å². The van der Waals surface area contributed by atoms with Gasteiger partial charge < -0.3 is 14.9 Å². The molecule has 0 aliphatic heterocycles. The van der Waals surface area contributed by atoms with Crippen LogP contribution in [0.15, 0.2) is 24.3 Å². The standard InChI is InChI=1S/C21H36O4/c1-2-3-4-5-6-9-12-18-15-16-20(25-17-22)19(18)13-10-7-8-11-14-21(23)24/h7,9-10,12,18-20,22H,2-6,8,11,13-17H2,1H3,(H,23,24)/t18-,19+,20-/m0/s1. The third kappa shape index (κ3) is 9.81. The molecule has 2 N–H and O–H groups in total. The summed E-state index contributed by atoms with van der Waals surface area (Å²) in [6, 6.07) is 0. The second kappa shape index (κ2) is 14.1. The van der Waals surface area contributed by atoms with Crippen LogP contribution < -0.4 is 0 Å². The highest BCUT2D eigenvalue weighted by atomic mass is 16.6. The molecule has 0 spiro atoms. The maximum atomic E-state index is 10.5. The van der Waals surface area contributed by atoms with E-state index in [1.807, 2.05) is 0 Å². The lowest BCUT2D eigenvalue weighted by molar-refractivity contribution is -0.137. The summed E-state index contributed by atoms with van der Waals surface area (Å²) in [5.74, 6) is 0.200. The van der Waals surface area contributed by atoms with Gasteiger partial charge in [-0.2, -0.15) is 0 Å². The number of hydrogen-bond donors (Lipinski definition) is 2. The molecule has 1 aliphatic rings. The Bertz CT molecular complexity index is 403. The Morgan fingerprint density at radius 3 is 2.60 bits per heavy atom. The van der Waals surface area contributed by atoms with Gasteiger partial charge in [0, 0.05) is 6.42 Å². The third-order valence-electron chi connectivity index (χ3n) is 5.04. The lowest BCUT2D eigenvalue weighted by Gasteiger charge is -2.21. The van der Waals surface area contributed by atoms with Crippen molar-refractivity contribution in [2.24, 2.45) is 11.8 Å². The Kier molecular flexibility index (Phi) is 12.3. The van der Waals surface area contributed by atoms with E-state index in [9.17, 15) is 4.79 Å². The summed E-state index contributed by atoms with van der Waals surface area (Å²) in [7, 11) is 0. The van der Waals surface area contributed by atoms with Crippen LogP contribution in [0.4, 0.5) is 0 Å². The number of carbonyl (C=O) groups is 1. The molecule has 1 aliphatic carbocycles. The molecule has 0 amide bonds. The number of aliphatic hydroxyl groups is 1. The Morgan fingerprint density at radius 1 is 1.08 bits per heavy atom. The lowest BCUT2D eigenvalue weighted by atomic mass is 9.90. The Hall–Kier alpha value is -1.13. The molecular formula is C21H36O4. The van der Waals surface area contributed by atoms with E-state index in [0.717, 1.165) is 32.1 Å². The van der Waals surface area contributed by atoms with Gasteiger partial charge in [0.2, 0.25) is 0 Å². The summed E-state index contributed by atoms with van der Waals surface area (Å²) < 4.78 is 5.52. The van der Waals surface area contributed by atoms with Gasteiger partial charge in [0.15, 0.2) is 0 Å². The first-order chi connectivity index (χ1) is 12.2. The fourth-order valence-electron chi connectivity index (χ4n) is 3.63. The van der Waals surface area contributed by atoms with Crippen molar-refractivity contribution in [2.75, 3.05) is 6.79 Å². The number of carboxylic acids is 1. The Labute approximate surface area is 153 Å². The largest absolute Gasteiger partial charge is 0.481 e. The normalized spacial score (nSPS) is 23.8. The first-order valence-electron chi connectivity index (χ1n) is 9.95. The van der Waals surface area contributed by atoms with Gasteiger partial charge in [0.05, 0.1) is 6.10 Å². The second-order valence-electron chi connectivity index (χ2n) is 7.01. The van der Waals surface area contributed by atoms with E-state index in [-0.39, 0.29) is 19.3 Å². The molecule has 0 radical (unpaired) electrons. The van der Waals surface area contributed by atoms with Crippen molar-refractivity contribution in [1.29, 1.82) is 0 Å². The van der Waals surface area contributed by atoms with Gasteiger partial charge >= 0.3 is 5.97 Å². The molecule has 1 rings (SSSR count). The highest BCUT2D eigenvalue weighted by molar-refractivity contribution is 5.66. The summed E-state index contributed by atoms with van der Waals surface area (Å²) in [6.45, 7) is 2.02. The summed E-state index contributed by atoms with van der Waals surface area (Å²) in [6.07, 6.45) is 20.2. The zero-order valence-electron chi connectivity index (χ0n) is 15.7. The number of carboxylic acid groups (broad SMARTS) is 1. The van der Waals surface area contributed by atoms with Crippen molar-refractivity contribution in [1.82, 2.24) is 0 Å². The van der Waals surface area contributed by atoms with E-state index < -0.39 is 5.97 Å². The number of allylic oxidation sites excluding steroid dienone is 4. The van der Waals surface area contributed by atoms with Crippen molar-refractivity contribution >= 4 is 5.97 Å². The monoisotopic (exact) mass is 352 g/mol. The van der Waals surface area contributed by atoms with Crippen LogP contribution in [-0.4, -0.2) is 29.1 Å². The lowest BCUT2D eigenvalue weighted by Crippen LogP contribution is -2.21. The fraction of sp³-hybridized carbons (Fsp3) is 0.762. The summed E-state index contributed by atoms with van der Waals surface area (Å²) in [5.41, 5.74) is 0. The Balaban J connectivity index is 2.40. The number of aliphatic carboxylic acids is 1. The van der Waals surface area contributed by atoms with Crippen LogP contribution in [0.2, 0.25) is 0 Å². The van der Waals surface area contributed by atoms with E-state index in [2.05, 4.69) is 31.2 Å². The summed E-state index contributed by atoms with van der Waals surface area (Å²) >= 11 is 0. The maximum Gasteiger partial charge on any atom is 0.303 e. The van der Waals surface area contributed by atoms with Gasteiger partial charge in [-0.05, 0) is 56.8 Å². The minimum absolute atomic E-state index is 0.128. The van der Waals surface area contributed by atoms with Gasteiger partial charge in [0.25, 0.3) is 0 Å². The number of ether oxygens (including phenoxy) is 1. The van der Waals surface area contributed by atoms with Crippen LogP contribution in [-0.2, 0) is 9.53 Å². The SMILES string of the molecule is CCCCCCC=C[C@H]1CC[C@H](OCO)[C@@H]1CC=CCCCC(=O)O. The molecule has 0 aromatic rings. The van der Waals surface area contributed by atoms with Gasteiger partial charge in [-0.25, -0.2) is 0 Å². The quantitative estimate of drug-likeness (QED) is 0.260. The van der Waals surface area contributed by atoms with Crippen molar-refractivity contribution < 1.29 is 19.7 Å². The maximum absolute atomic E-state index is 10.5. The molecule has 3 atom stereocenters. The van der Waals surface area contributed by atoms with Crippen molar-refractivity contribution in [3.8, 4) is 0 Å². The van der Waals surface area contributed by atoms with Crippen LogP contribution in [0.1, 0.15) is 77.6 Å². The molecule has 25 heavy (non-hydrogen) atoms. The van der Waals surface area contributed by atoms with E-state index in [1.165, 1.54) is 25.7 Å². The predicted molar refractivity (Wildman–Crippen MR) is 101 cm³/mol. The first kappa shape index (κ1) is 21.9. The average molecular weight is 353 g/mol. The molecule has 0 bridgehead atoms. The predicted octanol–water partition coefficient (Wildman–Crippen LogP) is 5.08. The first-order valence-corrected chi connectivity index (χ1v) is 9.95. The smallest absolute Gasteiger partial charge is 0.303 e. The van der Waals surface area contributed by atoms with Gasteiger partial charge in [-0.3, -0.25) is 4.79 Å². The topological polar surface area (TPSA) is 66.8 Å². The van der Waals surface area contributed by atoms with E-state index in [0.29, 0.717) is 18.3 Å². The van der Waals surface area contributed by atoms with Crippen LogP contribution >= 0.6 is 0 Å².